The Morgan fingerprint density at radius 1 is 0.852 bits per heavy atom. The molecule has 0 fully saturated rings. The van der Waals surface area contributed by atoms with Crippen molar-refractivity contribution in [3.63, 3.8) is 0 Å². The molecule has 0 unspecified atom stereocenters. The van der Waals surface area contributed by atoms with Crippen LogP contribution in [0.5, 0.6) is 11.5 Å². The number of carbonyl (C=O) groups is 2. The lowest BCUT2D eigenvalue weighted by atomic mass is 10.2. The first-order valence-corrected chi connectivity index (χ1v) is 8.93. The Bertz CT molecular complexity index is 778. The van der Waals surface area contributed by atoms with Crippen LogP contribution in [0.2, 0.25) is 0 Å². The first-order valence-electron chi connectivity index (χ1n) is 8.93. The van der Waals surface area contributed by atoms with Gasteiger partial charge in [0.1, 0.15) is 11.5 Å². The van der Waals surface area contributed by atoms with E-state index in [1.54, 1.807) is 36.4 Å². The lowest BCUT2D eigenvalue weighted by molar-refractivity contribution is 0.102. The average molecular weight is 371 g/mol. The molecule has 0 aromatic heterocycles. The van der Waals surface area contributed by atoms with Crippen molar-refractivity contribution in [3.8, 4) is 11.5 Å². The molecule has 3 amide bonds. The van der Waals surface area contributed by atoms with Gasteiger partial charge in [0.25, 0.3) is 5.91 Å². The van der Waals surface area contributed by atoms with Gasteiger partial charge in [-0.2, -0.15) is 0 Å². The van der Waals surface area contributed by atoms with Crippen LogP contribution in [0.3, 0.4) is 0 Å². The number of hydrogen-bond acceptors (Lipinski definition) is 4. The van der Waals surface area contributed by atoms with Gasteiger partial charge < -0.3 is 25.4 Å². The fourth-order valence-electron chi connectivity index (χ4n) is 2.42. The van der Waals surface area contributed by atoms with Gasteiger partial charge in [0.15, 0.2) is 0 Å². The van der Waals surface area contributed by atoms with E-state index < -0.39 is 0 Å². The van der Waals surface area contributed by atoms with E-state index in [0.29, 0.717) is 48.2 Å². The van der Waals surface area contributed by atoms with E-state index in [4.69, 9.17) is 9.47 Å². The third kappa shape index (κ3) is 5.64. The molecular formula is C20H25N3O4. The second kappa shape index (κ2) is 10.1. The molecule has 0 radical (unpaired) electrons. The van der Waals surface area contributed by atoms with Gasteiger partial charge in [-0.1, -0.05) is 18.2 Å². The standard InChI is InChI=1S/C20H25N3O4/c1-4-21-20(25)23-16-13-17(26-5-2)15(12-18(16)27-6-3)22-19(24)14-10-8-7-9-11-14/h7-13H,4-6H2,1-3H3,(H,22,24)(H2,21,23,25). The molecule has 0 atom stereocenters. The molecule has 0 aliphatic rings. The minimum Gasteiger partial charge on any atom is -0.492 e. The maximum absolute atomic E-state index is 12.5. The van der Waals surface area contributed by atoms with Gasteiger partial charge in [0.05, 0.1) is 24.6 Å². The molecule has 2 rings (SSSR count). The van der Waals surface area contributed by atoms with Crippen LogP contribution >= 0.6 is 0 Å². The summed E-state index contributed by atoms with van der Waals surface area (Å²) in [6.07, 6.45) is 0. The second-order valence-electron chi connectivity index (χ2n) is 5.52. The van der Waals surface area contributed by atoms with E-state index in [9.17, 15) is 9.59 Å². The van der Waals surface area contributed by atoms with Gasteiger partial charge in [-0.25, -0.2) is 4.79 Å². The van der Waals surface area contributed by atoms with Crippen molar-refractivity contribution in [3.05, 3.63) is 48.0 Å². The average Bonchev–Trinajstić information content (AvgIpc) is 2.66. The van der Waals surface area contributed by atoms with E-state index in [0.717, 1.165) is 0 Å². The summed E-state index contributed by atoms with van der Waals surface area (Å²) in [5.41, 5.74) is 1.46. The largest absolute Gasteiger partial charge is 0.492 e. The highest BCUT2D eigenvalue weighted by molar-refractivity contribution is 6.05. The maximum Gasteiger partial charge on any atom is 0.319 e. The van der Waals surface area contributed by atoms with Gasteiger partial charge in [-0.05, 0) is 32.9 Å². The highest BCUT2D eigenvalue weighted by Gasteiger charge is 2.16. The number of benzene rings is 2. The molecule has 0 saturated heterocycles. The van der Waals surface area contributed by atoms with Crippen LogP contribution < -0.4 is 25.4 Å². The first-order chi connectivity index (χ1) is 13.1. The quantitative estimate of drug-likeness (QED) is 0.657. The normalized spacial score (nSPS) is 10.0. The molecule has 0 saturated carbocycles. The monoisotopic (exact) mass is 371 g/mol. The van der Waals surface area contributed by atoms with Crippen LogP contribution in [0.1, 0.15) is 31.1 Å². The first kappa shape index (κ1) is 20.1. The van der Waals surface area contributed by atoms with Crippen molar-refractivity contribution in [2.75, 3.05) is 30.4 Å². The van der Waals surface area contributed by atoms with E-state index in [1.165, 1.54) is 0 Å². The van der Waals surface area contributed by atoms with Crippen molar-refractivity contribution in [1.29, 1.82) is 0 Å². The summed E-state index contributed by atoms with van der Waals surface area (Å²) in [5, 5.41) is 8.25. The third-order valence-corrected chi connectivity index (χ3v) is 3.55. The summed E-state index contributed by atoms with van der Waals surface area (Å²) in [5.74, 6) is 0.621. The third-order valence-electron chi connectivity index (χ3n) is 3.55. The summed E-state index contributed by atoms with van der Waals surface area (Å²) in [4.78, 5) is 24.4. The number of ether oxygens (including phenoxy) is 2. The number of anilines is 2. The lowest BCUT2D eigenvalue weighted by Gasteiger charge is -2.18. The number of urea groups is 1. The molecule has 2 aromatic carbocycles. The molecule has 0 heterocycles. The van der Waals surface area contributed by atoms with Crippen LogP contribution in [-0.4, -0.2) is 31.7 Å². The van der Waals surface area contributed by atoms with Crippen LogP contribution in [-0.2, 0) is 0 Å². The number of nitrogens with one attached hydrogen (secondary N) is 3. The zero-order valence-electron chi connectivity index (χ0n) is 15.8. The molecule has 0 spiro atoms. The van der Waals surface area contributed by atoms with Gasteiger partial charge >= 0.3 is 6.03 Å². The minimum absolute atomic E-state index is 0.261. The molecule has 3 N–H and O–H groups in total. The highest BCUT2D eigenvalue weighted by Crippen LogP contribution is 2.37. The van der Waals surface area contributed by atoms with E-state index >= 15 is 0 Å². The zero-order chi connectivity index (χ0) is 19.6. The van der Waals surface area contributed by atoms with Gasteiger partial charge in [0.2, 0.25) is 0 Å². The van der Waals surface area contributed by atoms with Crippen molar-refractivity contribution in [2.24, 2.45) is 0 Å². The zero-order valence-corrected chi connectivity index (χ0v) is 15.8. The summed E-state index contributed by atoms with van der Waals surface area (Å²) in [6.45, 7) is 6.83. The summed E-state index contributed by atoms with van der Waals surface area (Å²) in [7, 11) is 0. The van der Waals surface area contributed by atoms with E-state index in [1.807, 2.05) is 26.8 Å². The van der Waals surface area contributed by atoms with Crippen LogP contribution in [0.25, 0.3) is 0 Å². The predicted octanol–water partition coefficient (Wildman–Crippen LogP) is 3.88. The molecule has 27 heavy (non-hydrogen) atoms. The van der Waals surface area contributed by atoms with Gasteiger partial charge in [-0.15, -0.1) is 0 Å². The molecule has 0 bridgehead atoms. The smallest absolute Gasteiger partial charge is 0.319 e. The van der Waals surface area contributed by atoms with Crippen molar-refractivity contribution < 1.29 is 19.1 Å². The molecule has 0 aliphatic heterocycles. The van der Waals surface area contributed by atoms with Crippen LogP contribution in [0, 0.1) is 0 Å². The topological polar surface area (TPSA) is 88.7 Å². The maximum atomic E-state index is 12.5. The Balaban J connectivity index is 2.35. The van der Waals surface area contributed by atoms with Crippen LogP contribution in [0.15, 0.2) is 42.5 Å². The molecular weight excluding hydrogens is 346 g/mol. The Labute approximate surface area is 159 Å². The number of amides is 3. The number of carbonyl (C=O) groups excluding carboxylic acids is 2. The highest BCUT2D eigenvalue weighted by atomic mass is 16.5. The Morgan fingerprint density at radius 2 is 1.41 bits per heavy atom. The Kier molecular flexibility index (Phi) is 7.49. The van der Waals surface area contributed by atoms with Crippen molar-refractivity contribution in [1.82, 2.24) is 5.32 Å². The Morgan fingerprint density at radius 3 is 1.93 bits per heavy atom. The van der Waals surface area contributed by atoms with Gasteiger partial charge in [-0.3, -0.25) is 4.79 Å². The van der Waals surface area contributed by atoms with E-state index in [-0.39, 0.29) is 11.9 Å². The fourth-order valence-corrected chi connectivity index (χ4v) is 2.42. The molecule has 7 nitrogen and oxygen atoms in total. The van der Waals surface area contributed by atoms with Crippen molar-refractivity contribution in [2.45, 2.75) is 20.8 Å². The number of rotatable bonds is 8. The minimum atomic E-state index is -0.345. The molecule has 144 valence electrons. The van der Waals surface area contributed by atoms with Crippen molar-refractivity contribution >= 4 is 23.3 Å². The SMILES string of the molecule is CCNC(=O)Nc1cc(OCC)c(NC(=O)c2ccccc2)cc1OCC. The molecule has 2 aromatic rings. The Hall–Kier alpha value is -3.22. The number of hydrogen-bond donors (Lipinski definition) is 3. The molecule has 0 aliphatic carbocycles. The van der Waals surface area contributed by atoms with Gasteiger partial charge in [0, 0.05) is 24.2 Å². The fraction of sp³-hybridized carbons (Fsp3) is 0.300. The predicted molar refractivity (Wildman–Crippen MR) is 106 cm³/mol. The second-order valence-corrected chi connectivity index (χ2v) is 5.52. The summed E-state index contributed by atoms with van der Waals surface area (Å²) >= 11 is 0. The van der Waals surface area contributed by atoms with E-state index in [2.05, 4.69) is 16.0 Å². The summed E-state index contributed by atoms with van der Waals surface area (Å²) in [6, 6.07) is 11.8. The molecule has 7 heteroatoms. The lowest BCUT2D eigenvalue weighted by Crippen LogP contribution is -2.28. The van der Waals surface area contributed by atoms with Crippen LogP contribution in [0.4, 0.5) is 16.2 Å². The summed E-state index contributed by atoms with van der Waals surface area (Å²) < 4.78 is 11.3.